The van der Waals surface area contributed by atoms with Gasteiger partial charge in [-0.3, -0.25) is 14.2 Å². The molecule has 2 heterocycles. The van der Waals surface area contributed by atoms with E-state index in [1.54, 1.807) is 40.2 Å². The second-order valence-corrected chi connectivity index (χ2v) is 10.6. The molecule has 0 aliphatic heterocycles. The Bertz CT molecular complexity index is 1480. The summed E-state index contributed by atoms with van der Waals surface area (Å²) in [6, 6.07) is 16.3. The smallest absolute Gasteiger partial charge is 0.337 e. The van der Waals surface area contributed by atoms with Crippen molar-refractivity contribution in [2.45, 2.75) is 37.4 Å². The molecule has 4 aromatic rings. The van der Waals surface area contributed by atoms with Crippen molar-refractivity contribution in [1.82, 2.24) is 9.55 Å². The molecule has 7 nitrogen and oxygen atoms in total. The van der Waals surface area contributed by atoms with E-state index in [4.69, 9.17) is 9.72 Å². The number of benzene rings is 2. The molecule has 0 bridgehead atoms. The lowest BCUT2D eigenvalue weighted by atomic mass is 9.97. The van der Waals surface area contributed by atoms with Crippen LogP contribution in [0.4, 0.5) is 5.69 Å². The van der Waals surface area contributed by atoms with Gasteiger partial charge in [-0.25, -0.2) is 9.78 Å². The van der Waals surface area contributed by atoms with Crippen LogP contribution in [0.2, 0.25) is 0 Å². The van der Waals surface area contributed by atoms with Gasteiger partial charge in [-0.1, -0.05) is 42.1 Å². The highest BCUT2D eigenvalue weighted by Gasteiger charge is 2.22. The SMILES string of the molecule is COC(=O)c1ccc(NC(=O)CSc2nc3sc4c(c3c(=O)n2Cc2ccccc2)CCCC4)cc1. The molecule has 0 saturated heterocycles. The minimum Gasteiger partial charge on any atom is -0.465 e. The Hall–Kier alpha value is -3.43. The van der Waals surface area contributed by atoms with Gasteiger partial charge in [0.1, 0.15) is 4.83 Å². The Morgan fingerprint density at radius 3 is 2.58 bits per heavy atom. The van der Waals surface area contributed by atoms with E-state index in [0.717, 1.165) is 47.0 Å². The van der Waals surface area contributed by atoms with Gasteiger partial charge in [0.15, 0.2) is 5.16 Å². The molecule has 2 aromatic heterocycles. The number of aryl methyl sites for hydroxylation is 2. The fraction of sp³-hybridized carbons (Fsp3) is 0.259. The van der Waals surface area contributed by atoms with Crippen molar-refractivity contribution in [2.75, 3.05) is 18.2 Å². The quantitative estimate of drug-likeness (QED) is 0.212. The summed E-state index contributed by atoms with van der Waals surface area (Å²) in [6.45, 7) is 0.395. The maximum Gasteiger partial charge on any atom is 0.337 e. The normalized spacial score (nSPS) is 12.8. The second kappa shape index (κ2) is 10.7. The topological polar surface area (TPSA) is 90.3 Å². The number of anilines is 1. The van der Waals surface area contributed by atoms with Gasteiger partial charge in [0, 0.05) is 10.6 Å². The number of thioether (sulfide) groups is 1. The molecule has 0 saturated carbocycles. The molecule has 1 N–H and O–H groups in total. The zero-order chi connectivity index (χ0) is 25.1. The van der Waals surface area contributed by atoms with Crippen LogP contribution in [-0.2, 0) is 28.9 Å². The zero-order valence-corrected chi connectivity index (χ0v) is 21.4. The lowest BCUT2D eigenvalue weighted by Crippen LogP contribution is -2.25. The number of rotatable bonds is 7. The van der Waals surface area contributed by atoms with Gasteiger partial charge in [-0.15, -0.1) is 11.3 Å². The van der Waals surface area contributed by atoms with Crippen LogP contribution in [0.5, 0.6) is 0 Å². The number of carbonyl (C=O) groups excluding carboxylic acids is 2. The van der Waals surface area contributed by atoms with E-state index >= 15 is 0 Å². The van der Waals surface area contributed by atoms with E-state index in [9.17, 15) is 14.4 Å². The van der Waals surface area contributed by atoms with Gasteiger partial charge < -0.3 is 10.1 Å². The Kier molecular flexibility index (Phi) is 7.20. The van der Waals surface area contributed by atoms with Crippen LogP contribution in [0.15, 0.2) is 64.5 Å². The predicted molar refractivity (Wildman–Crippen MR) is 143 cm³/mol. The molecule has 9 heteroatoms. The van der Waals surface area contributed by atoms with Gasteiger partial charge in [0.25, 0.3) is 5.56 Å². The fourth-order valence-corrected chi connectivity index (χ4v) is 6.47. The Morgan fingerprint density at radius 2 is 1.83 bits per heavy atom. The number of nitrogens with zero attached hydrogens (tertiary/aromatic N) is 2. The second-order valence-electron chi connectivity index (χ2n) is 8.57. The molecule has 184 valence electrons. The molecule has 2 aromatic carbocycles. The van der Waals surface area contributed by atoms with Crippen LogP contribution in [0.1, 0.15) is 39.2 Å². The van der Waals surface area contributed by atoms with Crippen LogP contribution < -0.4 is 10.9 Å². The number of fused-ring (bicyclic) bond motifs is 3. The average molecular weight is 520 g/mol. The first-order valence-corrected chi connectivity index (χ1v) is 13.5. The van der Waals surface area contributed by atoms with Crippen LogP contribution in [0, 0.1) is 0 Å². The number of ether oxygens (including phenoxy) is 1. The highest BCUT2D eigenvalue weighted by Crippen LogP contribution is 2.34. The summed E-state index contributed by atoms with van der Waals surface area (Å²) in [7, 11) is 1.32. The van der Waals surface area contributed by atoms with Crippen LogP contribution in [0.3, 0.4) is 0 Å². The first-order valence-electron chi connectivity index (χ1n) is 11.7. The van der Waals surface area contributed by atoms with Crippen LogP contribution in [-0.4, -0.2) is 34.3 Å². The monoisotopic (exact) mass is 519 g/mol. The number of methoxy groups -OCH3 is 1. The molecule has 0 radical (unpaired) electrons. The van der Waals surface area contributed by atoms with E-state index in [2.05, 4.69) is 5.32 Å². The Labute approximate surface area is 216 Å². The number of esters is 1. The molecule has 0 spiro atoms. The van der Waals surface area contributed by atoms with Crippen molar-refractivity contribution in [1.29, 1.82) is 0 Å². The van der Waals surface area contributed by atoms with Crippen molar-refractivity contribution in [3.05, 3.63) is 86.5 Å². The van der Waals surface area contributed by atoms with Gasteiger partial charge >= 0.3 is 5.97 Å². The maximum atomic E-state index is 13.7. The van der Waals surface area contributed by atoms with Crippen molar-refractivity contribution >= 4 is 50.9 Å². The lowest BCUT2D eigenvalue weighted by Gasteiger charge is -2.14. The summed E-state index contributed by atoms with van der Waals surface area (Å²) in [6.07, 6.45) is 4.14. The standard InChI is InChI=1S/C27H25N3O4S2/c1-34-26(33)18-11-13-19(14-12-18)28-22(31)16-35-27-29-24-23(20-9-5-6-10-21(20)36-24)25(32)30(27)15-17-7-3-2-4-8-17/h2-4,7-8,11-14H,5-6,9-10,15-16H2,1H3,(H,28,31). The van der Waals surface area contributed by atoms with Gasteiger partial charge in [-0.05, 0) is 61.1 Å². The third-order valence-electron chi connectivity index (χ3n) is 6.15. The summed E-state index contributed by atoms with van der Waals surface area (Å²) in [5.41, 5.74) is 3.10. The Morgan fingerprint density at radius 1 is 1.08 bits per heavy atom. The molecule has 1 amide bonds. The van der Waals surface area contributed by atoms with Crippen molar-refractivity contribution in [3.8, 4) is 0 Å². The first kappa shape index (κ1) is 24.3. The number of carbonyl (C=O) groups is 2. The third-order valence-corrected chi connectivity index (χ3v) is 8.31. The Balaban J connectivity index is 1.40. The summed E-state index contributed by atoms with van der Waals surface area (Å²) >= 11 is 2.86. The van der Waals surface area contributed by atoms with E-state index in [0.29, 0.717) is 23.0 Å². The minimum atomic E-state index is -0.434. The molecular formula is C27H25N3O4S2. The first-order chi connectivity index (χ1) is 17.5. The van der Waals surface area contributed by atoms with Gasteiger partial charge in [-0.2, -0.15) is 0 Å². The third kappa shape index (κ3) is 5.08. The number of hydrogen-bond acceptors (Lipinski definition) is 7. The number of aromatic nitrogens is 2. The van der Waals surface area contributed by atoms with E-state index in [1.165, 1.54) is 23.7 Å². The molecule has 0 unspecified atom stereocenters. The van der Waals surface area contributed by atoms with Crippen LogP contribution in [0.25, 0.3) is 10.2 Å². The molecular weight excluding hydrogens is 494 g/mol. The van der Waals surface area contributed by atoms with Gasteiger partial charge in [0.2, 0.25) is 5.91 Å². The summed E-state index contributed by atoms with van der Waals surface area (Å²) in [4.78, 5) is 44.9. The molecule has 0 fully saturated rings. The molecule has 36 heavy (non-hydrogen) atoms. The molecule has 1 aliphatic carbocycles. The van der Waals surface area contributed by atoms with E-state index in [-0.39, 0.29) is 17.2 Å². The maximum absolute atomic E-state index is 13.7. The average Bonchev–Trinajstić information content (AvgIpc) is 3.28. The van der Waals surface area contributed by atoms with E-state index < -0.39 is 5.97 Å². The molecule has 1 aliphatic rings. The minimum absolute atomic E-state index is 0.0374. The zero-order valence-electron chi connectivity index (χ0n) is 19.8. The van der Waals surface area contributed by atoms with Gasteiger partial charge in [0.05, 0.1) is 30.4 Å². The number of nitrogens with one attached hydrogen (secondary N) is 1. The fourth-order valence-electron chi connectivity index (χ4n) is 4.37. The number of hydrogen-bond donors (Lipinski definition) is 1. The van der Waals surface area contributed by atoms with Crippen LogP contribution >= 0.6 is 23.1 Å². The summed E-state index contributed by atoms with van der Waals surface area (Å²) < 4.78 is 6.40. The van der Waals surface area contributed by atoms with Crippen molar-refractivity contribution in [2.24, 2.45) is 0 Å². The van der Waals surface area contributed by atoms with Crippen molar-refractivity contribution < 1.29 is 14.3 Å². The van der Waals surface area contributed by atoms with E-state index in [1.807, 2.05) is 30.3 Å². The van der Waals surface area contributed by atoms with Crippen molar-refractivity contribution in [3.63, 3.8) is 0 Å². The predicted octanol–water partition coefficient (Wildman–Crippen LogP) is 4.90. The lowest BCUT2D eigenvalue weighted by molar-refractivity contribution is -0.113. The summed E-state index contributed by atoms with van der Waals surface area (Å²) in [5.74, 6) is -0.565. The number of amides is 1. The molecule has 5 rings (SSSR count). The largest absolute Gasteiger partial charge is 0.465 e. The highest BCUT2D eigenvalue weighted by molar-refractivity contribution is 7.99. The number of thiophene rings is 1. The summed E-state index contributed by atoms with van der Waals surface area (Å²) in [5, 5.41) is 4.11. The molecule has 0 atom stereocenters. The highest BCUT2D eigenvalue weighted by atomic mass is 32.2.